The van der Waals surface area contributed by atoms with Crippen molar-refractivity contribution in [1.82, 2.24) is 9.80 Å². The lowest BCUT2D eigenvalue weighted by atomic mass is 10.1. The van der Waals surface area contributed by atoms with E-state index in [4.69, 9.17) is 0 Å². The summed E-state index contributed by atoms with van der Waals surface area (Å²) in [6.07, 6.45) is 0. The lowest BCUT2D eigenvalue weighted by molar-refractivity contribution is 0.204. The monoisotopic (exact) mass is 284 g/mol. The number of hydrogen-bond acceptors (Lipinski definition) is 3. The fourth-order valence-electron chi connectivity index (χ4n) is 2.71. The van der Waals surface area contributed by atoms with Crippen molar-refractivity contribution in [3.63, 3.8) is 0 Å². The summed E-state index contributed by atoms with van der Waals surface area (Å²) in [5.74, 6) is 0. The summed E-state index contributed by atoms with van der Waals surface area (Å²) in [6.45, 7) is 1.97. The van der Waals surface area contributed by atoms with E-state index in [-0.39, 0.29) is 0 Å². The van der Waals surface area contributed by atoms with Crippen LogP contribution < -0.4 is 0 Å². The molecule has 0 saturated carbocycles. The second-order valence-electron chi connectivity index (χ2n) is 5.66. The van der Waals surface area contributed by atoms with E-state index < -0.39 is 0 Å². The molecular formula is C17H20N2S. The molecule has 0 atom stereocenters. The first-order chi connectivity index (χ1) is 9.63. The zero-order chi connectivity index (χ0) is 14.1. The second-order valence-corrected chi connectivity index (χ2v) is 6.75. The highest BCUT2D eigenvalue weighted by molar-refractivity contribution is 7.25. The number of hydrogen-bond donors (Lipinski definition) is 0. The van der Waals surface area contributed by atoms with E-state index in [0.29, 0.717) is 0 Å². The van der Waals surface area contributed by atoms with E-state index in [2.05, 4.69) is 73.4 Å². The van der Waals surface area contributed by atoms with Gasteiger partial charge in [-0.25, -0.2) is 0 Å². The molecular weight excluding hydrogens is 264 g/mol. The molecule has 3 rings (SSSR count). The van der Waals surface area contributed by atoms with E-state index in [1.54, 1.807) is 0 Å². The van der Waals surface area contributed by atoms with E-state index in [9.17, 15) is 0 Å². The number of thiophene rings is 1. The first-order valence-corrected chi connectivity index (χ1v) is 7.68. The summed E-state index contributed by atoms with van der Waals surface area (Å²) in [5, 5.41) is 2.75. The summed E-state index contributed by atoms with van der Waals surface area (Å²) < 4.78 is 2.77. The third kappa shape index (κ3) is 2.70. The van der Waals surface area contributed by atoms with Gasteiger partial charge in [0.05, 0.1) is 6.67 Å². The summed E-state index contributed by atoms with van der Waals surface area (Å²) >= 11 is 1.89. The maximum Gasteiger partial charge on any atom is 0.0501 e. The van der Waals surface area contributed by atoms with Gasteiger partial charge in [0.1, 0.15) is 0 Å². The van der Waals surface area contributed by atoms with Crippen LogP contribution in [0.3, 0.4) is 0 Å². The predicted molar refractivity (Wildman–Crippen MR) is 89.4 cm³/mol. The Kier molecular flexibility index (Phi) is 3.74. The van der Waals surface area contributed by atoms with Gasteiger partial charge < -0.3 is 0 Å². The fourth-order valence-corrected chi connectivity index (χ4v) is 3.88. The number of rotatable bonds is 4. The third-order valence-electron chi connectivity index (χ3n) is 3.42. The molecule has 3 aromatic rings. The van der Waals surface area contributed by atoms with Crippen LogP contribution in [-0.2, 0) is 6.54 Å². The van der Waals surface area contributed by atoms with Gasteiger partial charge >= 0.3 is 0 Å². The van der Waals surface area contributed by atoms with Crippen molar-refractivity contribution in [3.8, 4) is 0 Å². The average Bonchev–Trinajstić information content (AvgIpc) is 2.75. The molecule has 0 amide bonds. The molecule has 1 aromatic heterocycles. The van der Waals surface area contributed by atoms with Crippen molar-refractivity contribution in [1.29, 1.82) is 0 Å². The van der Waals surface area contributed by atoms with Crippen molar-refractivity contribution in [2.75, 3.05) is 27.8 Å². The molecule has 0 unspecified atom stereocenters. The number of fused-ring (bicyclic) bond motifs is 3. The van der Waals surface area contributed by atoms with Gasteiger partial charge in [-0.05, 0) is 38.8 Å². The predicted octanol–water partition coefficient (Wildman–Crippen LogP) is 4.01. The number of nitrogens with zero attached hydrogens (tertiary/aromatic N) is 2. The summed E-state index contributed by atoms with van der Waals surface area (Å²) in [7, 11) is 6.37. The van der Waals surface area contributed by atoms with Crippen LogP contribution in [0.5, 0.6) is 0 Å². The third-order valence-corrected chi connectivity index (χ3v) is 4.55. The first kappa shape index (κ1) is 13.6. The minimum Gasteiger partial charge on any atom is -0.297 e. The van der Waals surface area contributed by atoms with E-state index >= 15 is 0 Å². The normalized spacial score (nSPS) is 12.1. The minimum absolute atomic E-state index is 0.977. The zero-order valence-electron chi connectivity index (χ0n) is 12.3. The summed E-state index contributed by atoms with van der Waals surface area (Å²) in [6, 6.07) is 15.5. The fraction of sp³-hybridized carbons (Fsp3) is 0.294. The smallest absolute Gasteiger partial charge is 0.0501 e. The lowest BCUT2D eigenvalue weighted by Gasteiger charge is -2.21. The Morgan fingerprint density at radius 3 is 2.45 bits per heavy atom. The van der Waals surface area contributed by atoms with Gasteiger partial charge in [0.15, 0.2) is 0 Å². The molecule has 0 fully saturated rings. The van der Waals surface area contributed by atoms with Crippen LogP contribution in [0.1, 0.15) is 5.56 Å². The highest BCUT2D eigenvalue weighted by Crippen LogP contribution is 2.34. The molecule has 0 saturated heterocycles. The maximum atomic E-state index is 2.34. The van der Waals surface area contributed by atoms with Crippen LogP contribution in [-0.4, -0.2) is 37.6 Å². The van der Waals surface area contributed by atoms with Gasteiger partial charge in [0, 0.05) is 26.7 Å². The molecule has 2 nitrogen and oxygen atoms in total. The largest absolute Gasteiger partial charge is 0.297 e. The number of benzene rings is 2. The van der Waals surface area contributed by atoms with Crippen LogP contribution in [0.15, 0.2) is 42.5 Å². The van der Waals surface area contributed by atoms with Crippen LogP contribution in [0.4, 0.5) is 0 Å². The Balaban J connectivity index is 1.92. The van der Waals surface area contributed by atoms with E-state index in [0.717, 1.165) is 13.2 Å². The van der Waals surface area contributed by atoms with Crippen molar-refractivity contribution in [2.24, 2.45) is 0 Å². The van der Waals surface area contributed by atoms with Gasteiger partial charge in [-0.1, -0.05) is 30.3 Å². The quantitative estimate of drug-likeness (QED) is 0.668. The minimum atomic E-state index is 0.977. The van der Waals surface area contributed by atoms with Crippen LogP contribution in [0, 0.1) is 0 Å². The van der Waals surface area contributed by atoms with Crippen molar-refractivity contribution in [2.45, 2.75) is 6.54 Å². The molecule has 0 aliphatic rings. The molecule has 1 heterocycles. The van der Waals surface area contributed by atoms with Crippen molar-refractivity contribution in [3.05, 3.63) is 48.0 Å². The Labute approximate surface area is 124 Å². The molecule has 20 heavy (non-hydrogen) atoms. The SMILES string of the molecule is CN(C)CN(C)Cc1ccc2c(c1)sc1ccccc12. The Morgan fingerprint density at radius 1 is 0.900 bits per heavy atom. The Bertz CT molecular complexity index is 730. The summed E-state index contributed by atoms with van der Waals surface area (Å²) in [4.78, 5) is 4.52. The van der Waals surface area contributed by atoms with Gasteiger partial charge in [-0.3, -0.25) is 9.80 Å². The Morgan fingerprint density at radius 2 is 1.65 bits per heavy atom. The zero-order valence-corrected chi connectivity index (χ0v) is 13.1. The van der Waals surface area contributed by atoms with Crippen LogP contribution in [0.2, 0.25) is 0 Å². The van der Waals surface area contributed by atoms with Crippen molar-refractivity contribution >= 4 is 31.5 Å². The lowest BCUT2D eigenvalue weighted by Crippen LogP contribution is -2.29. The molecule has 0 aliphatic carbocycles. The van der Waals surface area contributed by atoms with Crippen LogP contribution in [0.25, 0.3) is 20.2 Å². The average molecular weight is 284 g/mol. The highest BCUT2D eigenvalue weighted by atomic mass is 32.1. The van der Waals surface area contributed by atoms with Crippen molar-refractivity contribution < 1.29 is 0 Å². The van der Waals surface area contributed by atoms with E-state index in [1.807, 2.05) is 11.3 Å². The van der Waals surface area contributed by atoms with E-state index in [1.165, 1.54) is 25.7 Å². The van der Waals surface area contributed by atoms with Gasteiger partial charge in [0.25, 0.3) is 0 Å². The first-order valence-electron chi connectivity index (χ1n) is 6.87. The molecule has 0 N–H and O–H groups in total. The molecule has 2 aromatic carbocycles. The maximum absolute atomic E-state index is 2.34. The molecule has 104 valence electrons. The van der Waals surface area contributed by atoms with Crippen LogP contribution >= 0.6 is 11.3 Å². The molecule has 0 aliphatic heterocycles. The molecule has 0 spiro atoms. The highest BCUT2D eigenvalue weighted by Gasteiger charge is 2.06. The topological polar surface area (TPSA) is 6.48 Å². The summed E-state index contributed by atoms with van der Waals surface area (Å²) in [5.41, 5.74) is 1.38. The Hall–Kier alpha value is -1.42. The molecule has 0 bridgehead atoms. The van der Waals surface area contributed by atoms with Gasteiger partial charge in [0.2, 0.25) is 0 Å². The second kappa shape index (κ2) is 5.52. The van der Waals surface area contributed by atoms with Gasteiger partial charge in [-0.15, -0.1) is 11.3 Å². The molecule has 0 radical (unpaired) electrons. The standard InChI is InChI=1S/C17H20N2S/c1-18(2)12-19(3)11-13-8-9-15-14-6-4-5-7-16(14)20-17(15)10-13/h4-10H,11-12H2,1-3H3. The molecule has 3 heteroatoms. The van der Waals surface area contributed by atoms with Gasteiger partial charge in [-0.2, -0.15) is 0 Å².